The number of carbonyl (C=O) groups is 2. The van der Waals surface area contributed by atoms with E-state index in [-0.39, 0.29) is 12.3 Å². The molecule has 2 amide bonds. The summed E-state index contributed by atoms with van der Waals surface area (Å²) in [7, 11) is 0. The van der Waals surface area contributed by atoms with Gasteiger partial charge in [0.15, 0.2) is 5.13 Å². The number of aromatic nitrogens is 1. The number of nitrogens with zero attached hydrogens (tertiary/aromatic N) is 1. The van der Waals surface area contributed by atoms with E-state index in [2.05, 4.69) is 10.3 Å². The van der Waals surface area contributed by atoms with E-state index >= 15 is 0 Å². The molecule has 0 aliphatic heterocycles. The molecule has 26 heavy (non-hydrogen) atoms. The highest BCUT2D eigenvalue weighted by molar-refractivity contribution is 7.18. The number of carbonyl (C=O) groups excluding carboxylic acids is 2. The number of benzene rings is 1. The summed E-state index contributed by atoms with van der Waals surface area (Å²) in [5, 5.41) is 4.88. The van der Waals surface area contributed by atoms with Crippen LogP contribution < -0.4 is 15.8 Å². The van der Waals surface area contributed by atoms with Crippen molar-refractivity contribution < 1.29 is 14.3 Å². The molecule has 0 bridgehead atoms. The highest BCUT2D eigenvalue weighted by atomic mass is 32.1. The predicted octanol–water partition coefficient (Wildman–Crippen LogP) is 3.55. The van der Waals surface area contributed by atoms with Gasteiger partial charge in [0, 0.05) is 10.3 Å². The van der Waals surface area contributed by atoms with Gasteiger partial charge in [-0.1, -0.05) is 30.3 Å². The lowest BCUT2D eigenvalue weighted by Crippen LogP contribution is -2.14. The lowest BCUT2D eigenvalue weighted by Gasteiger charge is -2.04. The average molecular weight is 387 g/mol. The minimum absolute atomic E-state index is 0.0493. The van der Waals surface area contributed by atoms with Crippen LogP contribution in [-0.2, 0) is 11.2 Å². The first-order valence-electron chi connectivity index (χ1n) is 7.93. The fourth-order valence-electron chi connectivity index (χ4n) is 2.32. The topological polar surface area (TPSA) is 94.3 Å². The van der Waals surface area contributed by atoms with E-state index in [1.165, 1.54) is 22.7 Å². The molecule has 8 heteroatoms. The highest BCUT2D eigenvalue weighted by Crippen LogP contribution is 2.37. The second-order valence-corrected chi connectivity index (χ2v) is 7.25. The first-order valence-corrected chi connectivity index (χ1v) is 9.62. The van der Waals surface area contributed by atoms with E-state index in [4.69, 9.17) is 10.5 Å². The molecule has 0 saturated heterocycles. The summed E-state index contributed by atoms with van der Waals surface area (Å²) in [5.74, 6) is -0.207. The summed E-state index contributed by atoms with van der Waals surface area (Å²) in [4.78, 5) is 29.3. The largest absolute Gasteiger partial charge is 0.492 e. The molecule has 0 spiro atoms. The Morgan fingerprint density at radius 2 is 2.04 bits per heavy atom. The van der Waals surface area contributed by atoms with Crippen molar-refractivity contribution in [3.8, 4) is 16.2 Å². The van der Waals surface area contributed by atoms with Gasteiger partial charge in [0.2, 0.25) is 5.91 Å². The number of primary amides is 1. The fraction of sp³-hybridized carbons (Fsp3) is 0.167. The number of rotatable bonds is 7. The Hall–Kier alpha value is -2.71. The number of hydrogen-bond acceptors (Lipinski definition) is 6. The standard InChI is InChI=1S/C18H17N3O3S2/c1-2-24-13-9-14(11-6-4-3-5-7-11)26-16(13)17(23)21-18-20-12(10-25-18)8-15(19)22/h3-7,9-10H,2,8H2,1H3,(H2,19,22)(H,20,21,23). The Balaban J connectivity index is 1.82. The molecule has 1 aromatic carbocycles. The third kappa shape index (κ3) is 4.27. The van der Waals surface area contributed by atoms with Crippen LogP contribution in [0.5, 0.6) is 5.75 Å². The molecule has 0 unspecified atom stereocenters. The zero-order valence-corrected chi connectivity index (χ0v) is 15.7. The van der Waals surface area contributed by atoms with Crippen molar-refractivity contribution in [2.75, 3.05) is 11.9 Å². The SMILES string of the molecule is CCOc1cc(-c2ccccc2)sc1C(=O)Nc1nc(CC(N)=O)cs1. The highest BCUT2D eigenvalue weighted by Gasteiger charge is 2.19. The molecule has 0 fully saturated rings. The maximum absolute atomic E-state index is 12.7. The lowest BCUT2D eigenvalue weighted by molar-refractivity contribution is -0.117. The smallest absolute Gasteiger partial charge is 0.271 e. The van der Waals surface area contributed by atoms with Gasteiger partial charge in [0.1, 0.15) is 10.6 Å². The minimum Gasteiger partial charge on any atom is -0.492 e. The second-order valence-electron chi connectivity index (χ2n) is 5.34. The first-order chi connectivity index (χ1) is 12.6. The molecule has 3 rings (SSSR count). The second kappa shape index (κ2) is 8.11. The van der Waals surface area contributed by atoms with Gasteiger partial charge in [-0.25, -0.2) is 4.98 Å². The Morgan fingerprint density at radius 3 is 2.73 bits per heavy atom. The fourth-order valence-corrected chi connectivity index (χ4v) is 4.03. The van der Waals surface area contributed by atoms with E-state index in [0.717, 1.165) is 10.4 Å². The van der Waals surface area contributed by atoms with Gasteiger partial charge in [-0.05, 0) is 18.6 Å². The summed E-state index contributed by atoms with van der Waals surface area (Å²) >= 11 is 2.61. The summed E-state index contributed by atoms with van der Waals surface area (Å²) in [5.41, 5.74) is 6.73. The van der Waals surface area contributed by atoms with Gasteiger partial charge in [-0.3, -0.25) is 14.9 Å². The average Bonchev–Trinajstić information content (AvgIpc) is 3.22. The molecule has 0 atom stereocenters. The van der Waals surface area contributed by atoms with E-state index in [1.54, 1.807) is 5.38 Å². The number of ether oxygens (including phenoxy) is 1. The molecule has 2 aromatic heterocycles. The third-order valence-electron chi connectivity index (χ3n) is 3.39. The Bertz CT molecular complexity index is 919. The number of hydrogen-bond donors (Lipinski definition) is 2. The van der Waals surface area contributed by atoms with Crippen molar-refractivity contribution in [2.24, 2.45) is 5.73 Å². The summed E-state index contributed by atoms with van der Waals surface area (Å²) in [6, 6.07) is 11.7. The molecule has 0 aliphatic carbocycles. The number of thiophene rings is 1. The maximum atomic E-state index is 12.7. The van der Waals surface area contributed by atoms with Crippen molar-refractivity contribution in [1.29, 1.82) is 0 Å². The molecule has 3 N–H and O–H groups in total. The van der Waals surface area contributed by atoms with Crippen LogP contribution in [-0.4, -0.2) is 23.4 Å². The maximum Gasteiger partial charge on any atom is 0.271 e. The molecule has 0 radical (unpaired) electrons. The van der Waals surface area contributed by atoms with Crippen molar-refractivity contribution in [3.05, 3.63) is 52.3 Å². The van der Waals surface area contributed by atoms with Crippen LogP contribution in [0.3, 0.4) is 0 Å². The summed E-state index contributed by atoms with van der Waals surface area (Å²) in [6.45, 7) is 2.34. The third-order valence-corrected chi connectivity index (χ3v) is 5.36. The van der Waals surface area contributed by atoms with E-state index < -0.39 is 5.91 Å². The van der Waals surface area contributed by atoms with Crippen LogP contribution in [0.2, 0.25) is 0 Å². The van der Waals surface area contributed by atoms with Crippen molar-refractivity contribution in [1.82, 2.24) is 4.98 Å². The minimum atomic E-state index is -0.461. The molecule has 6 nitrogen and oxygen atoms in total. The summed E-state index contributed by atoms with van der Waals surface area (Å²) in [6.07, 6.45) is 0.0493. The van der Waals surface area contributed by atoms with Gasteiger partial charge in [-0.2, -0.15) is 0 Å². The number of thiazole rings is 1. The van der Waals surface area contributed by atoms with Crippen LogP contribution >= 0.6 is 22.7 Å². The Morgan fingerprint density at radius 1 is 1.27 bits per heavy atom. The molecule has 0 saturated carbocycles. The first kappa shape index (κ1) is 18.1. The molecule has 0 aliphatic rings. The number of nitrogens with one attached hydrogen (secondary N) is 1. The normalized spacial score (nSPS) is 10.5. The van der Waals surface area contributed by atoms with Crippen LogP contribution in [0.15, 0.2) is 41.8 Å². The number of anilines is 1. The quantitative estimate of drug-likeness (QED) is 0.648. The Labute approximate surface area is 158 Å². The summed E-state index contributed by atoms with van der Waals surface area (Å²) < 4.78 is 5.63. The van der Waals surface area contributed by atoms with Crippen molar-refractivity contribution >= 4 is 39.6 Å². The van der Waals surface area contributed by atoms with Crippen molar-refractivity contribution in [3.63, 3.8) is 0 Å². The van der Waals surface area contributed by atoms with Crippen LogP contribution in [0.25, 0.3) is 10.4 Å². The van der Waals surface area contributed by atoms with Gasteiger partial charge in [0.05, 0.1) is 18.7 Å². The zero-order chi connectivity index (χ0) is 18.5. The van der Waals surface area contributed by atoms with E-state index in [9.17, 15) is 9.59 Å². The zero-order valence-electron chi connectivity index (χ0n) is 14.0. The van der Waals surface area contributed by atoms with Crippen LogP contribution in [0.4, 0.5) is 5.13 Å². The van der Waals surface area contributed by atoms with E-state index in [0.29, 0.717) is 28.1 Å². The Kier molecular flexibility index (Phi) is 5.65. The van der Waals surface area contributed by atoms with Crippen LogP contribution in [0.1, 0.15) is 22.3 Å². The molecule has 3 aromatic rings. The molecule has 134 valence electrons. The monoisotopic (exact) mass is 387 g/mol. The van der Waals surface area contributed by atoms with Gasteiger partial charge >= 0.3 is 0 Å². The van der Waals surface area contributed by atoms with E-state index in [1.807, 2.05) is 43.3 Å². The van der Waals surface area contributed by atoms with Gasteiger partial charge < -0.3 is 10.5 Å². The van der Waals surface area contributed by atoms with Gasteiger partial charge in [-0.15, -0.1) is 22.7 Å². The number of amides is 2. The van der Waals surface area contributed by atoms with Crippen LogP contribution in [0, 0.1) is 0 Å². The molecule has 2 heterocycles. The lowest BCUT2D eigenvalue weighted by atomic mass is 10.2. The molecular formula is C18H17N3O3S2. The number of nitrogens with two attached hydrogens (primary N) is 1. The molecular weight excluding hydrogens is 370 g/mol. The van der Waals surface area contributed by atoms with Crippen molar-refractivity contribution in [2.45, 2.75) is 13.3 Å². The predicted molar refractivity (Wildman–Crippen MR) is 104 cm³/mol. The van der Waals surface area contributed by atoms with Gasteiger partial charge in [0.25, 0.3) is 5.91 Å².